The smallest absolute Gasteiger partial charge is 0.297 e. The van der Waals surface area contributed by atoms with Gasteiger partial charge in [-0.15, -0.1) is 0 Å². The summed E-state index contributed by atoms with van der Waals surface area (Å²) in [5, 5.41) is 17.1. The highest BCUT2D eigenvalue weighted by molar-refractivity contribution is 7.91. The first-order chi connectivity index (χ1) is 33.8. The molecule has 6 atom stereocenters. The molecule has 4 N–H and O–H groups in total. The number of amides is 1. The van der Waals surface area contributed by atoms with E-state index in [9.17, 15) is 14.9 Å². The van der Waals surface area contributed by atoms with E-state index >= 15 is 8.42 Å². The van der Waals surface area contributed by atoms with Crippen molar-refractivity contribution in [3.05, 3.63) is 93.7 Å². The Morgan fingerprint density at radius 3 is 2.64 bits per heavy atom. The third-order valence-electron chi connectivity index (χ3n) is 16.5. The predicted octanol–water partition coefficient (Wildman–Crippen LogP) is 6.28. The first-order valence-electron chi connectivity index (χ1n) is 24.7. The van der Waals surface area contributed by atoms with Crippen molar-refractivity contribution >= 4 is 55.2 Å². The zero-order valence-electron chi connectivity index (χ0n) is 39.2. The van der Waals surface area contributed by atoms with E-state index in [4.69, 9.17) is 29.7 Å². The number of anilines is 4. The maximum Gasteiger partial charge on any atom is 0.297 e. The predicted molar refractivity (Wildman–Crippen MR) is 260 cm³/mol. The summed E-state index contributed by atoms with van der Waals surface area (Å²) >= 11 is 0. The standard InChI is InChI=1S/C51H57N9O9S/c1-28(2)35-6-3-4-7-36(35)38-8-5-13-58(38)32-18-51(19-32)26-57(27-51)39-10-9-37(48(52)61)46(59-41-14-29-11-12-53-49(29)55-50(41)69-44-25-66-24-42(44)59)47(39)70(64,65)34-16-40(60(62)63)45-43(17-34)68-22-30(54-45)20-56-21-33-15-31(56)23-67-33/h3-4,6-7,9-12,14,16-17,28,30-33,38,42,44,54H,5,8,13,15,18-27H2,1-2H3,(H2,52,61)(H,53,55)/t30-,31+,33+,38+,42-,44-/m1/s1. The van der Waals surface area contributed by atoms with Gasteiger partial charge in [-0.3, -0.25) is 24.7 Å². The Bertz CT molecular complexity index is 3080. The number of H-pyrrole nitrogens is 1. The second-order valence-corrected chi connectivity index (χ2v) is 23.0. The number of sulfone groups is 1. The van der Waals surface area contributed by atoms with Crippen LogP contribution in [0.15, 0.2) is 76.7 Å². The quantitative estimate of drug-likeness (QED) is 0.0983. The fourth-order valence-electron chi connectivity index (χ4n) is 13.2. The van der Waals surface area contributed by atoms with E-state index in [1.54, 1.807) is 23.2 Å². The molecule has 1 amide bonds. The molecule has 5 saturated heterocycles. The average molecular weight is 972 g/mol. The molecule has 1 saturated carbocycles. The molecular formula is C51H57N9O9S. The highest BCUT2D eigenvalue weighted by atomic mass is 32.2. The number of ether oxygens (including phenoxy) is 4. The lowest BCUT2D eigenvalue weighted by molar-refractivity contribution is -0.384. The van der Waals surface area contributed by atoms with Gasteiger partial charge in [-0.05, 0) is 80.0 Å². The molecule has 7 aliphatic heterocycles. The summed E-state index contributed by atoms with van der Waals surface area (Å²) in [4.78, 5) is 42.6. The number of pyridine rings is 1. The summed E-state index contributed by atoms with van der Waals surface area (Å²) in [7, 11) is -4.76. The van der Waals surface area contributed by atoms with Crippen LogP contribution in [0.1, 0.15) is 79.4 Å². The second kappa shape index (κ2) is 16.3. The van der Waals surface area contributed by atoms with Gasteiger partial charge < -0.3 is 44.8 Å². The molecule has 1 spiro atoms. The Kier molecular flexibility index (Phi) is 10.2. The van der Waals surface area contributed by atoms with E-state index in [1.807, 2.05) is 12.1 Å². The summed E-state index contributed by atoms with van der Waals surface area (Å²) in [6, 6.07) is 18.5. The highest BCUT2D eigenvalue weighted by Crippen LogP contribution is 2.57. The molecule has 5 aromatic rings. The monoisotopic (exact) mass is 971 g/mol. The Labute approximate surface area is 405 Å². The minimum absolute atomic E-state index is 0.0371. The van der Waals surface area contributed by atoms with Crippen molar-refractivity contribution in [2.75, 3.05) is 74.3 Å². The lowest BCUT2D eigenvalue weighted by Gasteiger charge is -2.62. The largest absolute Gasteiger partial charge is 0.489 e. The molecule has 2 bridgehead atoms. The molecule has 366 valence electrons. The van der Waals surface area contributed by atoms with Crippen molar-refractivity contribution in [3.63, 3.8) is 0 Å². The topological polar surface area (TPSA) is 211 Å². The molecule has 13 rings (SSSR count). The number of morpholine rings is 1. The molecule has 3 aromatic carbocycles. The number of nitro benzene ring substituents is 1. The molecule has 0 radical (unpaired) electrons. The Morgan fingerprint density at radius 2 is 1.87 bits per heavy atom. The van der Waals surface area contributed by atoms with Crippen molar-refractivity contribution in [3.8, 4) is 11.6 Å². The van der Waals surface area contributed by atoms with Crippen molar-refractivity contribution < 1.29 is 37.1 Å². The number of likely N-dealkylation sites (tertiary alicyclic amines) is 2. The molecule has 6 fully saturated rings. The average Bonchev–Trinajstić information content (AvgIpc) is 4.19. The molecule has 8 aliphatic rings. The van der Waals surface area contributed by atoms with E-state index in [2.05, 4.69) is 63.1 Å². The summed E-state index contributed by atoms with van der Waals surface area (Å²) in [6.07, 6.45) is 6.54. The summed E-state index contributed by atoms with van der Waals surface area (Å²) in [6.45, 7) is 9.28. The van der Waals surface area contributed by atoms with Gasteiger partial charge in [0.05, 0.1) is 64.8 Å². The summed E-state index contributed by atoms with van der Waals surface area (Å²) < 4.78 is 56.6. The number of rotatable bonds is 11. The van der Waals surface area contributed by atoms with Crippen molar-refractivity contribution in [1.29, 1.82) is 0 Å². The van der Waals surface area contributed by atoms with Gasteiger partial charge in [-0.1, -0.05) is 38.1 Å². The fourth-order valence-corrected chi connectivity index (χ4v) is 14.9. The Balaban J connectivity index is 0.897. The molecule has 70 heavy (non-hydrogen) atoms. The third-order valence-corrected chi connectivity index (χ3v) is 18.3. The van der Waals surface area contributed by atoms with Crippen molar-refractivity contribution in [2.24, 2.45) is 11.1 Å². The lowest BCUT2D eigenvalue weighted by atomic mass is 9.60. The van der Waals surface area contributed by atoms with Gasteiger partial charge >= 0.3 is 0 Å². The molecule has 19 heteroatoms. The van der Waals surface area contributed by atoms with Gasteiger partial charge in [0.1, 0.15) is 28.9 Å². The number of nitrogens with two attached hydrogens (primary N) is 1. The maximum atomic E-state index is 16.0. The zero-order valence-corrected chi connectivity index (χ0v) is 40.0. The number of aromatic nitrogens is 2. The lowest BCUT2D eigenvalue weighted by Crippen LogP contribution is -2.66. The van der Waals surface area contributed by atoms with E-state index in [1.165, 1.54) is 17.2 Å². The van der Waals surface area contributed by atoms with Crippen molar-refractivity contribution in [2.45, 2.75) is 104 Å². The van der Waals surface area contributed by atoms with Crippen LogP contribution in [-0.2, 0) is 19.3 Å². The van der Waals surface area contributed by atoms with Gasteiger partial charge in [0.2, 0.25) is 15.7 Å². The number of nitrogens with zero attached hydrogens (tertiary/aromatic N) is 6. The van der Waals surface area contributed by atoms with E-state index in [0.717, 1.165) is 56.6 Å². The van der Waals surface area contributed by atoms with Crippen LogP contribution in [0.25, 0.3) is 11.0 Å². The van der Waals surface area contributed by atoms with Crippen LogP contribution < -0.4 is 30.3 Å². The maximum absolute atomic E-state index is 16.0. The van der Waals surface area contributed by atoms with Crippen LogP contribution in [0.4, 0.5) is 28.4 Å². The molecule has 1 aliphatic carbocycles. The minimum Gasteiger partial charge on any atom is -0.489 e. The number of hydrogen-bond donors (Lipinski definition) is 3. The Morgan fingerprint density at radius 1 is 1.03 bits per heavy atom. The second-order valence-electron chi connectivity index (χ2n) is 21.2. The Hall–Kier alpha value is -5.99. The van der Waals surface area contributed by atoms with E-state index < -0.39 is 38.5 Å². The van der Waals surface area contributed by atoms with E-state index in [-0.39, 0.29) is 81.8 Å². The van der Waals surface area contributed by atoms with Gasteiger partial charge in [-0.25, -0.2) is 8.42 Å². The van der Waals surface area contributed by atoms with Gasteiger partial charge in [0, 0.05) is 73.4 Å². The normalized spacial score (nSPS) is 26.9. The van der Waals surface area contributed by atoms with E-state index in [0.29, 0.717) is 61.3 Å². The zero-order chi connectivity index (χ0) is 47.8. The molecule has 0 unspecified atom stereocenters. The van der Waals surface area contributed by atoms with Crippen molar-refractivity contribution in [1.82, 2.24) is 19.8 Å². The number of fused-ring (bicyclic) bond motifs is 6. The minimum atomic E-state index is -4.76. The van der Waals surface area contributed by atoms with Crippen LogP contribution in [-0.4, -0.2) is 135 Å². The number of nitro groups is 1. The SMILES string of the molecule is CC(C)c1ccccc1[C@@H]1CCCN1C1CC2(C1)CN(c1ccc(C(N)=O)c(N3c4cc5cc[nH]c5nc4O[C@@H]4COC[C@H]43)c1S(=O)(=O)c1cc3c(c([N+](=O)[O-])c1)N[C@H](CN1C[C@@H]4C[C@H]1CO4)CO3)C2. The third kappa shape index (κ3) is 6.97. The van der Waals surface area contributed by atoms with Crippen LogP contribution in [0.2, 0.25) is 0 Å². The number of aromatic amines is 1. The van der Waals surface area contributed by atoms with Crippen LogP contribution >= 0.6 is 0 Å². The molecule has 9 heterocycles. The van der Waals surface area contributed by atoms with Gasteiger partial charge in [0.25, 0.3) is 11.6 Å². The van der Waals surface area contributed by atoms with Crippen LogP contribution in [0, 0.1) is 15.5 Å². The van der Waals surface area contributed by atoms with Gasteiger partial charge in [0.15, 0.2) is 11.4 Å². The number of carbonyl (C=O) groups is 1. The number of primary amides is 1. The first-order valence-corrected chi connectivity index (χ1v) is 26.2. The molecular weight excluding hydrogens is 915 g/mol. The van der Waals surface area contributed by atoms with Crippen LogP contribution in [0.3, 0.4) is 0 Å². The first kappa shape index (κ1) is 44.0. The number of hydrogen-bond acceptors (Lipinski definition) is 15. The molecule has 2 aromatic heterocycles. The summed E-state index contributed by atoms with van der Waals surface area (Å²) in [5.74, 6) is -0.125. The number of nitrogens with one attached hydrogen (secondary N) is 2. The fraction of sp³-hybridized carbons (Fsp3) is 0.490. The highest BCUT2D eigenvalue weighted by Gasteiger charge is 2.56. The number of carbonyl (C=O) groups excluding carboxylic acids is 1. The van der Waals surface area contributed by atoms with Gasteiger partial charge in [-0.2, -0.15) is 4.98 Å². The number of benzene rings is 3. The summed E-state index contributed by atoms with van der Waals surface area (Å²) in [5.41, 5.74) is 10.1. The van der Waals surface area contributed by atoms with Crippen LogP contribution in [0.5, 0.6) is 11.6 Å². The molecule has 18 nitrogen and oxygen atoms in total.